The standard InChI is InChI=1S/C24H36O3/c1-5-6-7-11-14-21(25)23(26)27-22-17-18(2)15-16-20(22)24(3,4)19-12-9-8-10-13-19/h8-14,18,20-22,25H,5-7,15-17H2,1-4H3/b14-11+/t18-,20-,21+,22-/m1/s1. The molecule has 0 unspecified atom stereocenters. The van der Waals surface area contributed by atoms with E-state index in [4.69, 9.17) is 4.74 Å². The lowest BCUT2D eigenvalue weighted by molar-refractivity contribution is -0.163. The van der Waals surface area contributed by atoms with Crippen LogP contribution in [0.25, 0.3) is 0 Å². The summed E-state index contributed by atoms with van der Waals surface area (Å²) in [5.41, 5.74) is 1.18. The molecule has 0 aromatic heterocycles. The van der Waals surface area contributed by atoms with Crippen molar-refractivity contribution < 1.29 is 14.6 Å². The lowest BCUT2D eigenvalue weighted by atomic mass is 9.64. The van der Waals surface area contributed by atoms with Gasteiger partial charge in [-0.3, -0.25) is 0 Å². The lowest BCUT2D eigenvalue weighted by Crippen LogP contribution is -2.44. The van der Waals surface area contributed by atoms with E-state index in [1.54, 1.807) is 6.08 Å². The molecule has 1 saturated carbocycles. The van der Waals surface area contributed by atoms with Gasteiger partial charge in [-0.25, -0.2) is 4.79 Å². The molecule has 150 valence electrons. The van der Waals surface area contributed by atoms with E-state index in [9.17, 15) is 9.90 Å². The van der Waals surface area contributed by atoms with Crippen molar-refractivity contribution in [2.24, 2.45) is 11.8 Å². The number of ether oxygens (including phenoxy) is 1. The molecule has 1 fully saturated rings. The summed E-state index contributed by atoms with van der Waals surface area (Å²) in [4.78, 5) is 12.5. The van der Waals surface area contributed by atoms with E-state index >= 15 is 0 Å². The summed E-state index contributed by atoms with van der Waals surface area (Å²) in [6.45, 7) is 8.82. The molecule has 0 bridgehead atoms. The van der Waals surface area contributed by atoms with Crippen molar-refractivity contribution in [3.63, 3.8) is 0 Å². The Labute approximate surface area is 164 Å². The number of allylic oxidation sites excluding steroid dienone is 1. The van der Waals surface area contributed by atoms with Gasteiger partial charge in [0, 0.05) is 5.92 Å². The summed E-state index contributed by atoms with van der Waals surface area (Å²) in [7, 11) is 0. The number of esters is 1. The maximum atomic E-state index is 12.5. The van der Waals surface area contributed by atoms with E-state index < -0.39 is 12.1 Å². The highest BCUT2D eigenvalue weighted by Crippen LogP contribution is 2.43. The average Bonchev–Trinajstić information content (AvgIpc) is 2.65. The molecule has 0 aliphatic heterocycles. The molecular weight excluding hydrogens is 336 g/mol. The van der Waals surface area contributed by atoms with Gasteiger partial charge >= 0.3 is 5.97 Å². The molecule has 0 heterocycles. The van der Waals surface area contributed by atoms with Gasteiger partial charge in [-0.15, -0.1) is 0 Å². The molecule has 1 aliphatic carbocycles. The number of hydrogen-bond donors (Lipinski definition) is 1. The summed E-state index contributed by atoms with van der Waals surface area (Å²) in [6, 6.07) is 10.5. The molecule has 0 amide bonds. The van der Waals surface area contributed by atoms with Crippen LogP contribution in [0.4, 0.5) is 0 Å². The Kier molecular flexibility index (Phi) is 8.09. The average molecular weight is 373 g/mol. The summed E-state index contributed by atoms with van der Waals surface area (Å²) in [5.74, 6) is 0.259. The molecule has 3 nitrogen and oxygen atoms in total. The first-order valence-corrected chi connectivity index (χ1v) is 10.5. The van der Waals surface area contributed by atoms with Gasteiger partial charge in [0.05, 0.1) is 0 Å². The molecule has 0 spiro atoms. The number of aliphatic hydroxyl groups excluding tert-OH is 1. The zero-order chi connectivity index (χ0) is 19.9. The largest absolute Gasteiger partial charge is 0.460 e. The molecule has 1 aliphatic rings. The Hall–Kier alpha value is -1.61. The van der Waals surface area contributed by atoms with Crippen LogP contribution in [0, 0.1) is 11.8 Å². The Morgan fingerprint density at radius 3 is 2.67 bits per heavy atom. The maximum Gasteiger partial charge on any atom is 0.339 e. The molecular formula is C24H36O3. The van der Waals surface area contributed by atoms with Crippen molar-refractivity contribution >= 4 is 5.97 Å². The molecule has 0 radical (unpaired) electrons. The van der Waals surface area contributed by atoms with Gasteiger partial charge in [-0.1, -0.05) is 83.4 Å². The molecule has 2 rings (SSSR count). The third-order valence-corrected chi connectivity index (χ3v) is 6.05. The Morgan fingerprint density at radius 1 is 1.30 bits per heavy atom. The van der Waals surface area contributed by atoms with Crippen molar-refractivity contribution in [1.82, 2.24) is 0 Å². The van der Waals surface area contributed by atoms with Crippen LogP contribution in [0.5, 0.6) is 0 Å². The molecule has 0 saturated heterocycles. The zero-order valence-electron chi connectivity index (χ0n) is 17.4. The molecule has 1 aromatic carbocycles. The van der Waals surface area contributed by atoms with Crippen LogP contribution in [0.3, 0.4) is 0 Å². The lowest BCUT2D eigenvalue weighted by Gasteiger charge is -2.44. The van der Waals surface area contributed by atoms with E-state index in [1.165, 1.54) is 5.56 Å². The normalized spacial score (nSPS) is 24.7. The molecule has 27 heavy (non-hydrogen) atoms. The van der Waals surface area contributed by atoms with Crippen molar-refractivity contribution in [2.45, 2.75) is 83.8 Å². The molecule has 3 heteroatoms. The second-order valence-electron chi connectivity index (χ2n) is 8.60. The van der Waals surface area contributed by atoms with Gasteiger partial charge in [-0.2, -0.15) is 0 Å². The fourth-order valence-corrected chi connectivity index (χ4v) is 4.21. The second kappa shape index (κ2) is 10.1. The first kappa shape index (κ1) is 21.7. The third kappa shape index (κ3) is 5.93. The van der Waals surface area contributed by atoms with Crippen molar-refractivity contribution in [3.05, 3.63) is 48.0 Å². The van der Waals surface area contributed by atoms with Crippen molar-refractivity contribution in [2.75, 3.05) is 0 Å². The topological polar surface area (TPSA) is 46.5 Å². The highest BCUT2D eigenvalue weighted by molar-refractivity contribution is 5.76. The van der Waals surface area contributed by atoms with Crippen LogP contribution in [-0.4, -0.2) is 23.3 Å². The first-order chi connectivity index (χ1) is 12.9. The smallest absolute Gasteiger partial charge is 0.339 e. The molecule has 4 atom stereocenters. The van der Waals surface area contributed by atoms with Gasteiger partial charge in [0.1, 0.15) is 6.10 Å². The first-order valence-electron chi connectivity index (χ1n) is 10.5. The summed E-state index contributed by atoms with van der Waals surface area (Å²) < 4.78 is 5.86. The minimum atomic E-state index is -1.17. The third-order valence-electron chi connectivity index (χ3n) is 6.05. The fraction of sp³-hybridized carbons (Fsp3) is 0.625. The molecule has 1 aromatic rings. The number of hydrogen-bond acceptors (Lipinski definition) is 3. The number of carbonyl (C=O) groups is 1. The molecule has 1 N–H and O–H groups in total. The summed E-state index contributed by atoms with van der Waals surface area (Å²) >= 11 is 0. The van der Waals surface area contributed by atoms with Crippen LogP contribution < -0.4 is 0 Å². The van der Waals surface area contributed by atoms with E-state index in [2.05, 4.69) is 52.0 Å². The van der Waals surface area contributed by atoms with Gasteiger partial charge in [0.15, 0.2) is 6.10 Å². The van der Waals surface area contributed by atoms with Crippen LogP contribution in [-0.2, 0) is 14.9 Å². The number of carbonyl (C=O) groups excluding carboxylic acids is 1. The fourth-order valence-electron chi connectivity index (χ4n) is 4.21. The predicted molar refractivity (Wildman–Crippen MR) is 111 cm³/mol. The predicted octanol–water partition coefficient (Wildman–Crippen LogP) is 5.42. The van der Waals surface area contributed by atoms with E-state index in [0.29, 0.717) is 5.92 Å². The zero-order valence-corrected chi connectivity index (χ0v) is 17.4. The van der Waals surface area contributed by atoms with Gasteiger partial charge in [0.2, 0.25) is 0 Å². The number of unbranched alkanes of at least 4 members (excludes halogenated alkanes) is 2. The quantitative estimate of drug-likeness (QED) is 0.376. The highest BCUT2D eigenvalue weighted by Gasteiger charge is 2.42. The van der Waals surface area contributed by atoms with Gasteiger partial charge in [-0.05, 0) is 42.2 Å². The van der Waals surface area contributed by atoms with E-state index in [0.717, 1.165) is 38.5 Å². The minimum absolute atomic E-state index is 0.0890. The summed E-state index contributed by atoms with van der Waals surface area (Å²) in [5, 5.41) is 10.2. The van der Waals surface area contributed by atoms with Gasteiger partial charge < -0.3 is 9.84 Å². The minimum Gasteiger partial charge on any atom is -0.460 e. The van der Waals surface area contributed by atoms with Crippen LogP contribution in [0.1, 0.15) is 71.8 Å². The summed E-state index contributed by atoms with van der Waals surface area (Å²) in [6.07, 6.45) is 8.20. The maximum absolute atomic E-state index is 12.5. The van der Waals surface area contributed by atoms with Gasteiger partial charge in [0.25, 0.3) is 0 Å². The van der Waals surface area contributed by atoms with Crippen LogP contribution in [0.15, 0.2) is 42.5 Å². The van der Waals surface area contributed by atoms with Crippen molar-refractivity contribution in [1.29, 1.82) is 0 Å². The number of aliphatic hydroxyl groups is 1. The Balaban J connectivity index is 2.09. The number of rotatable bonds is 8. The van der Waals surface area contributed by atoms with Crippen LogP contribution in [0.2, 0.25) is 0 Å². The Bertz CT molecular complexity index is 605. The van der Waals surface area contributed by atoms with Crippen molar-refractivity contribution in [3.8, 4) is 0 Å². The van der Waals surface area contributed by atoms with E-state index in [-0.39, 0.29) is 17.4 Å². The van der Waals surface area contributed by atoms with Crippen LogP contribution >= 0.6 is 0 Å². The van der Waals surface area contributed by atoms with E-state index in [1.807, 2.05) is 12.1 Å². The SMILES string of the molecule is CCCC/C=C/[C@H](O)C(=O)O[C@@H]1C[C@H](C)CC[C@H]1C(C)(C)c1ccccc1. The number of benzene rings is 1. The second-order valence-corrected chi connectivity index (χ2v) is 8.60. The highest BCUT2D eigenvalue weighted by atomic mass is 16.6. The monoisotopic (exact) mass is 372 g/mol. The Morgan fingerprint density at radius 2 is 2.00 bits per heavy atom.